The lowest BCUT2D eigenvalue weighted by atomic mass is 10.2. The van der Waals surface area contributed by atoms with Gasteiger partial charge in [-0.25, -0.2) is 9.37 Å². The van der Waals surface area contributed by atoms with Crippen LogP contribution in [0.2, 0.25) is 0 Å². The molecule has 0 unspecified atom stereocenters. The van der Waals surface area contributed by atoms with Crippen molar-refractivity contribution in [2.45, 2.75) is 0 Å². The van der Waals surface area contributed by atoms with E-state index in [1.54, 1.807) is 23.1 Å². The first-order valence-corrected chi connectivity index (χ1v) is 9.25. The topological polar surface area (TPSA) is 37.6 Å². The zero-order valence-electron chi connectivity index (χ0n) is 14.8. The predicted octanol–water partition coefficient (Wildman–Crippen LogP) is 2.63. The highest BCUT2D eigenvalue weighted by molar-refractivity contribution is 7.22. The molecule has 4 nitrogen and oxygen atoms in total. The smallest absolute Gasteiger partial charge is 0.252 e. The second-order valence-corrected chi connectivity index (χ2v) is 7.28. The normalized spacial score (nSPS) is 11.5. The first-order chi connectivity index (χ1) is 12.5. The van der Waals surface area contributed by atoms with E-state index in [-0.39, 0.29) is 11.7 Å². The van der Waals surface area contributed by atoms with Crippen LogP contribution in [0.5, 0.6) is 0 Å². The van der Waals surface area contributed by atoms with E-state index in [4.69, 9.17) is 0 Å². The number of carbonyl (C=O) groups is 1. The number of halogens is 1. The van der Waals surface area contributed by atoms with Crippen LogP contribution in [0.4, 0.5) is 9.52 Å². The number of thiazole rings is 1. The van der Waals surface area contributed by atoms with Crippen molar-refractivity contribution in [1.82, 2.24) is 4.98 Å². The fraction of sp³-hybridized carbons (Fsp3) is 0.200. The van der Waals surface area contributed by atoms with E-state index in [0.717, 1.165) is 16.8 Å². The summed E-state index contributed by atoms with van der Waals surface area (Å²) < 4.78 is 14.7. The van der Waals surface area contributed by atoms with Gasteiger partial charge in [0.05, 0.1) is 31.9 Å². The van der Waals surface area contributed by atoms with Gasteiger partial charge in [0.15, 0.2) is 5.13 Å². The van der Waals surface area contributed by atoms with Gasteiger partial charge >= 0.3 is 0 Å². The standard InChI is InChI=1S/C20H20FN3OS/c1-23(2)13-14-24(18(25)12-11-15-7-4-3-5-8-15)20-22-19-16(21)9-6-10-17(19)26-20/h3-12H,13-14H2,1-2H3/p+1/b12-11+. The number of aromatic nitrogens is 1. The number of quaternary nitrogens is 1. The quantitative estimate of drug-likeness (QED) is 0.678. The number of para-hydroxylation sites is 1. The fourth-order valence-corrected chi connectivity index (χ4v) is 3.49. The zero-order chi connectivity index (χ0) is 18.5. The number of hydrogen-bond acceptors (Lipinski definition) is 3. The third-order valence-corrected chi connectivity index (χ3v) is 4.95. The fourth-order valence-electron chi connectivity index (χ4n) is 2.48. The molecule has 6 heteroatoms. The SMILES string of the molecule is C[NH+](C)CCN(C(=O)/C=C/c1ccccc1)c1nc2c(F)cccc2s1. The first kappa shape index (κ1) is 18.2. The lowest BCUT2D eigenvalue weighted by Crippen LogP contribution is -3.06. The zero-order valence-corrected chi connectivity index (χ0v) is 15.6. The van der Waals surface area contributed by atoms with Gasteiger partial charge in [0, 0.05) is 6.08 Å². The van der Waals surface area contributed by atoms with Crippen molar-refractivity contribution in [3.63, 3.8) is 0 Å². The van der Waals surface area contributed by atoms with Crippen LogP contribution in [-0.4, -0.2) is 38.1 Å². The number of likely N-dealkylation sites (N-methyl/N-ethyl adjacent to an activating group) is 1. The van der Waals surface area contributed by atoms with Gasteiger partial charge in [-0.1, -0.05) is 47.7 Å². The van der Waals surface area contributed by atoms with Gasteiger partial charge in [-0.05, 0) is 23.8 Å². The summed E-state index contributed by atoms with van der Waals surface area (Å²) in [6.07, 6.45) is 3.33. The minimum atomic E-state index is -0.365. The number of nitrogens with zero attached hydrogens (tertiary/aromatic N) is 2. The van der Waals surface area contributed by atoms with Crippen LogP contribution in [0.25, 0.3) is 16.3 Å². The van der Waals surface area contributed by atoms with Gasteiger partial charge in [-0.3, -0.25) is 9.69 Å². The van der Waals surface area contributed by atoms with Crippen molar-refractivity contribution in [3.8, 4) is 0 Å². The summed E-state index contributed by atoms with van der Waals surface area (Å²) in [5, 5.41) is 0.522. The summed E-state index contributed by atoms with van der Waals surface area (Å²) in [6.45, 7) is 1.28. The Morgan fingerprint density at radius 3 is 2.65 bits per heavy atom. The molecule has 0 radical (unpaired) electrons. The summed E-state index contributed by atoms with van der Waals surface area (Å²) in [7, 11) is 4.06. The Morgan fingerprint density at radius 1 is 1.19 bits per heavy atom. The van der Waals surface area contributed by atoms with Crippen LogP contribution >= 0.6 is 11.3 Å². The van der Waals surface area contributed by atoms with Crippen molar-refractivity contribution in [3.05, 3.63) is 66.0 Å². The lowest BCUT2D eigenvalue weighted by Gasteiger charge is -2.19. The van der Waals surface area contributed by atoms with Crippen LogP contribution in [0, 0.1) is 5.82 Å². The van der Waals surface area contributed by atoms with Crippen molar-refractivity contribution in [2.75, 3.05) is 32.1 Å². The van der Waals surface area contributed by atoms with Crippen LogP contribution in [-0.2, 0) is 4.79 Å². The van der Waals surface area contributed by atoms with Gasteiger partial charge in [0.25, 0.3) is 5.91 Å². The molecule has 0 saturated carbocycles. The molecule has 0 spiro atoms. The molecule has 3 aromatic rings. The Hall–Kier alpha value is -2.57. The molecule has 0 aliphatic heterocycles. The van der Waals surface area contributed by atoms with Gasteiger partial charge in [0.2, 0.25) is 0 Å². The largest absolute Gasteiger partial charge is 0.338 e. The summed E-state index contributed by atoms with van der Waals surface area (Å²) in [5.74, 6) is -0.523. The maximum atomic E-state index is 14.0. The Kier molecular flexibility index (Phi) is 5.75. The highest BCUT2D eigenvalue weighted by Gasteiger charge is 2.19. The lowest BCUT2D eigenvalue weighted by molar-refractivity contribution is -0.856. The van der Waals surface area contributed by atoms with E-state index < -0.39 is 0 Å². The second-order valence-electron chi connectivity index (χ2n) is 6.27. The number of rotatable bonds is 6. The molecule has 0 saturated heterocycles. The molecular formula is C20H21FN3OS+. The molecule has 1 amide bonds. The summed E-state index contributed by atoms with van der Waals surface area (Å²) in [4.78, 5) is 20.0. The number of hydrogen-bond donors (Lipinski definition) is 1. The molecule has 0 aliphatic rings. The van der Waals surface area contributed by atoms with Gasteiger partial charge < -0.3 is 4.90 Å². The Balaban J connectivity index is 1.89. The Labute approximate surface area is 156 Å². The molecule has 0 fully saturated rings. The molecule has 1 N–H and O–H groups in total. The molecule has 3 rings (SSSR count). The minimum absolute atomic E-state index is 0.158. The number of carbonyl (C=O) groups excluding carboxylic acids is 1. The van der Waals surface area contributed by atoms with Crippen molar-refractivity contribution in [2.24, 2.45) is 0 Å². The number of amides is 1. The summed E-state index contributed by atoms with van der Waals surface area (Å²) in [5.41, 5.74) is 1.27. The minimum Gasteiger partial charge on any atom is -0.338 e. The number of benzene rings is 2. The van der Waals surface area contributed by atoms with Crippen molar-refractivity contribution in [1.29, 1.82) is 0 Å². The highest BCUT2D eigenvalue weighted by Crippen LogP contribution is 2.30. The van der Waals surface area contributed by atoms with E-state index in [1.807, 2.05) is 50.5 Å². The molecule has 0 bridgehead atoms. The van der Waals surface area contributed by atoms with E-state index in [0.29, 0.717) is 17.2 Å². The average molecular weight is 370 g/mol. The average Bonchev–Trinajstić information content (AvgIpc) is 3.06. The van der Waals surface area contributed by atoms with Gasteiger partial charge in [-0.15, -0.1) is 0 Å². The van der Waals surface area contributed by atoms with E-state index in [1.165, 1.54) is 22.3 Å². The monoisotopic (exact) mass is 370 g/mol. The van der Waals surface area contributed by atoms with E-state index in [9.17, 15) is 9.18 Å². The summed E-state index contributed by atoms with van der Waals surface area (Å²) >= 11 is 1.33. The van der Waals surface area contributed by atoms with E-state index >= 15 is 0 Å². The molecular weight excluding hydrogens is 349 g/mol. The Morgan fingerprint density at radius 2 is 1.96 bits per heavy atom. The van der Waals surface area contributed by atoms with E-state index in [2.05, 4.69) is 4.98 Å². The van der Waals surface area contributed by atoms with Gasteiger partial charge in [-0.2, -0.15) is 0 Å². The summed E-state index contributed by atoms with van der Waals surface area (Å²) in [6, 6.07) is 14.5. The van der Waals surface area contributed by atoms with Crippen LogP contribution in [0.1, 0.15) is 5.56 Å². The first-order valence-electron chi connectivity index (χ1n) is 8.43. The molecule has 1 aromatic heterocycles. The molecule has 26 heavy (non-hydrogen) atoms. The number of fused-ring (bicyclic) bond motifs is 1. The van der Waals surface area contributed by atoms with Crippen molar-refractivity contribution >= 4 is 38.7 Å². The molecule has 0 aliphatic carbocycles. The molecule has 134 valence electrons. The molecule has 0 atom stereocenters. The third kappa shape index (κ3) is 4.33. The number of anilines is 1. The van der Waals surface area contributed by atoms with Crippen LogP contribution < -0.4 is 9.80 Å². The Bertz CT molecular complexity index is 921. The van der Waals surface area contributed by atoms with Crippen LogP contribution in [0.15, 0.2) is 54.6 Å². The van der Waals surface area contributed by atoms with Crippen molar-refractivity contribution < 1.29 is 14.1 Å². The highest BCUT2D eigenvalue weighted by atomic mass is 32.1. The molecule has 1 heterocycles. The van der Waals surface area contributed by atoms with Gasteiger partial charge in [0.1, 0.15) is 11.3 Å². The maximum absolute atomic E-state index is 14.0. The van der Waals surface area contributed by atoms with Crippen LogP contribution in [0.3, 0.4) is 0 Å². The third-order valence-electron chi connectivity index (χ3n) is 3.91. The predicted molar refractivity (Wildman–Crippen MR) is 105 cm³/mol. The molecule has 2 aromatic carbocycles. The maximum Gasteiger partial charge on any atom is 0.252 e. The number of nitrogens with one attached hydrogen (secondary N) is 1. The second kappa shape index (κ2) is 8.21.